The molecule has 31 heavy (non-hydrogen) atoms. The molecule has 0 aliphatic heterocycles. The number of carbonyl (C=O) groups excluding carboxylic acids is 1. The van der Waals surface area contributed by atoms with Crippen molar-refractivity contribution in [2.24, 2.45) is 0 Å². The number of benzene rings is 2. The molecule has 2 aromatic carbocycles. The predicted octanol–water partition coefficient (Wildman–Crippen LogP) is 6.63. The van der Waals surface area contributed by atoms with Crippen LogP contribution in [0.5, 0.6) is 0 Å². The molecule has 1 saturated carbocycles. The largest absolute Gasteiger partial charge is 0.378 e. The van der Waals surface area contributed by atoms with Gasteiger partial charge in [-0.15, -0.1) is 0 Å². The van der Waals surface area contributed by atoms with Gasteiger partial charge in [-0.25, -0.2) is 4.79 Å². The first kappa shape index (κ1) is 23.2. The molecule has 2 amide bonds. The molecule has 0 spiro atoms. The normalized spacial score (nSPS) is 15.4. The van der Waals surface area contributed by atoms with Gasteiger partial charge in [0.25, 0.3) is 0 Å². The molecule has 1 aliphatic rings. The molecule has 4 nitrogen and oxygen atoms in total. The van der Waals surface area contributed by atoms with E-state index in [0.717, 1.165) is 18.5 Å². The fourth-order valence-electron chi connectivity index (χ4n) is 4.68. The van der Waals surface area contributed by atoms with Crippen molar-refractivity contribution in [3.8, 4) is 0 Å². The second kappa shape index (κ2) is 9.76. The van der Waals surface area contributed by atoms with Gasteiger partial charge in [0.2, 0.25) is 0 Å². The van der Waals surface area contributed by atoms with E-state index < -0.39 is 0 Å². The lowest BCUT2D eigenvalue weighted by Gasteiger charge is -2.30. The van der Waals surface area contributed by atoms with Gasteiger partial charge in [-0.1, -0.05) is 64.8 Å². The van der Waals surface area contributed by atoms with Crippen LogP contribution in [0.2, 0.25) is 0 Å². The molecule has 168 valence electrons. The van der Waals surface area contributed by atoms with Gasteiger partial charge in [-0.2, -0.15) is 0 Å². The Hall–Kier alpha value is -2.49. The van der Waals surface area contributed by atoms with Crippen LogP contribution in [0.1, 0.15) is 81.9 Å². The number of nitrogens with zero attached hydrogens (tertiary/aromatic N) is 1. The van der Waals surface area contributed by atoms with Crippen LogP contribution in [-0.2, 0) is 5.41 Å². The molecule has 0 saturated heterocycles. The molecule has 0 bridgehead atoms. The smallest absolute Gasteiger partial charge is 0.319 e. The highest BCUT2D eigenvalue weighted by atomic mass is 16.2. The summed E-state index contributed by atoms with van der Waals surface area (Å²) in [6.07, 6.45) is 4.67. The summed E-state index contributed by atoms with van der Waals surface area (Å²) in [6.45, 7) is 9.42. The highest BCUT2D eigenvalue weighted by Gasteiger charge is 2.36. The molecule has 1 fully saturated rings. The Morgan fingerprint density at radius 1 is 0.968 bits per heavy atom. The molecule has 2 N–H and O–H groups in total. The highest BCUT2D eigenvalue weighted by Crippen LogP contribution is 2.41. The molecular weight excluding hydrogens is 382 g/mol. The second-order valence-corrected chi connectivity index (χ2v) is 9.89. The zero-order valence-corrected chi connectivity index (χ0v) is 20.1. The van der Waals surface area contributed by atoms with Gasteiger partial charge in [0.1, 0.15) is 0 Å². The summed E-state index contributed by atoms with van der Waals surface area (Å²) in [7, 11) is 4.12. The van der Waals surface area contributed by atoms with E-state index in [0.29, 0.717) is 18.4 Å². The summed E-state index contributed by atoms with van der Waals surface area (Å²) in [6, 6.07) is 15.1. The van der Waals surface area contributed by atoms with Crippen LogP contribution in [0.4, 0.5) is 16.2 Å². The SMILES string of the molecule is CC(C)c1ccc(NC(=O)NCC2(c3ccc(N(C)C)cc3)CCCC2)c(C(C)C)c1. The number of carbonyl (C=O) groups is 1. The molecular formula is C27H39N3O. The van der Waals surface area contributed by atoms with Gasteiger partial charge in [0.15, 0.2) is 0 Å². The van der Waals surface area contributed by atoms with E-state index in [2.05, 4.69) is 99.8 Å². The standard InChI is InChI=1S/C27H39N3O/c1-19(2)21-9-14-25(24(17-21)20(3)4)29-26(31)28-18-27(15-7-8-16-27)22-10-12-23(13-11-22)30(5)6/h9-14,17,19-20H,7-8,15-16,18H2,1-6H3,(H2,28,29,31). The first-order valence-corrected chi connectivity index (χ1v) is 11.7. The van der Waals surface area contributed by atoms with Crippen molar-refractivity contribution in [3.05, 3.63) is 59.2 Å². The van der Waals surface area contributed by atoms with Crippen molar-refractivity contribution in [1.82, 2.24) is 5.32 Å². The minimum atomic E-state index is -0.115. The third-order valence-corrected chi connectivity index (χ3v) is 6.76. The van der Waals surface area contributed by atoms with Gasteiger partial charge >= 0.3 is 6.03 Å². The number of anilines is 2. The topological polar surface area (TPSA) is 44.4 Å². The maximum atomic E-state index is 12.9. The van der Waals surface area contributed by atoms with Gasteiger partial charge in [-0.05, 0) is 59.6 Å². The first-order valence-electron chi connectivity index (χ1n) is 11.7. The van der Waals surface area contributed by atoms with Crippen molar-refractivity contribution in [3.63, 3.8) is 0 Å². The van der Waals surface area contributed by atoms with E-state index in [4.69, 9.17) is 0 Å². The molecule has 3 rings (SSSR count). The van der Waals surface area contributed by atoms with Crippen molar-refractivity contribution < 1.29 is 4.79 Å². The van der Waals surface area contributed by atoms with Crippen molar-refractivity contribution in [2.75, 3.05) is 30.9 Å². The fraction of sp³-hybridized carbons (Fsp3) is 0.519. The average molecular weight is 422 g/mol. The van der Waals surface area contributed by atoms with Gasteiger partial charge in [0.05, 0.1) is 0 Å². The number of amides is 2. The minimum absolute atomic E-state index is 0.0323. The summed E-state index contributed by atoms with van der Waals surface area (Å²) in [5.41, 5.74) is 5.98. The van der Waals surface area contributed by atoms with Crippen LogP contribution in [0.15, 0.2) is 42.5 Å². The lowest BCUT2D eigenvalue weighted by molar-refractivity contribution is 0.248. The molecule has 2 aromatic rings. The van der Waals surface area contributed by atoms with Gasteiger partial charge in [-0.3, -0.25) is 0 Å². The van der Waals surface area contributed by atoms with E-state index in [1.807, 2.05) is 0 Å². The summed E-state index contributed by atoms with van der Waals surface area (Å²) in [5, 5.41) is 6.31. The fourth-order valence-corrected chi connectivity index (χ4v) is 4.68. The summed E-state index contributed by atoms with van der Waals surface area (Å²) >= 11 is 0. The van der Waals surface area contributed by atoms with E-state index in [1.165, 1.54) is 35.2 Å². The van der Waals surface area contributed by atoms with Crippen molar-refractivity contribution >= 4 is 17.4 Å². The first-order chi connectivity index (χ1) is 14.7. The Morgan fingerprint density at radius 3 is 2.16 bits per heavy atom. The molecule has 0 heterocycles. The molecule has 0 radical (unpaired) electrons. The van der Waals surface area contributed by atoms with Crippen LogP contribution in [0.3, 0.4) is 0 Å². The molecule has 0 aromatic heterocycles. The quantitative estimate of drug-likeness (QED) is 0.527. The Morgan fingerprint density at radius 2 is 1.61 bits per heavy atom. The Bertz CT molecular complexity index is 878. The summed E-state index contributed by atoms with van der Waals surface area (Å²) in [5.74, 6) is 0.826. The van der Waals surface area contributed by atoms with Gasteiger partial charge < -0.3 is 15.5 Å². The Labute approximate surface area is 188 Å². The third kappa shape index (κ3) is 5.41. The van der Waals surface area contributed by atoms with Crippen LogP contribution >= 0.6 is 0 Å². The second-order valence-electron chi connectivity index (χ2n) is 9.89. The van der Waals surface area contributed by atoms with Crippen LogP contribution in [0.25, 0.3) is 0 Å². The number of rotatable bonds is 7. The Balaban J connectivity index is 1.71. The van der Waals surface area contributed by atoms with E-state index in [-0.39, 0.29) is 11.4 Å². The molecule has 4 heteroatoms. The Kier molecular flexibility index (Phi) is 7.30. The van der Waals surface area contributed by atoms with E-state index in [1.54, 1.807) is 0 Å². The van der Waals surface area contributed by atoms with E-state index in [9.17, 15) is 4.79 Å². The lowest BCUT2D eigenvalue weighted by atomic mass is 9.78. The van der Waals surface area contributed by atoms with Crippen molar-refractivity contribution in [1.29, 1.82) is 0 Å². The highest BCUT2D eigenvalue weighted by molar-refractivity contribution is 5.90. The number of hydrogen-bond donors (Lipinski definition) is 2. The maximum absolute atomic E-state index is 12.9. The lowest BCUT2D eigenvalue weighted by Crippen LogP contribution is -2.41. The molecule has 1 aliphatic carbocycles. The maximum Gasteiger partial charge on any atom is 0.319 e. The zero-order chi connectivity index (χ0) is 22.6. The van der Waals surface area contributed by atoms with Crippen LogP contribution in [-0.4, -0.2) is 26.7 Å². The van der Waals surface area contributed by atoms with E-state index >= 15 is 0 Å². The summed E-state index contributed by atoms with van der Waals surface area (Å²) < 4.78 is 0. The third-order valence-electron chi connectivity index (χ3n) is 6.76. The molecule has 0 unspecified atom stereocenters. The minimum Gasteiger partial charge on any atom is -0.378 e. The average Bonchev–Trinajstić information content (AvgIpc) is 3.22. The van der Waals surface area contributed by atoms with Crippen molar-refractivity contribution in [2.45, 2.75) is 70.6 Å². The predicted molar refractivity (Wildman–Crippen MR) is 133 cm³/mol. The number of nitrogens with one attached hydrogen (secondary N) is 2. The summed E-state index contributed by atoms with van der Waals surface area (Å²) in [4.78, 5) is 15.0. The monoisotopic (exact) mass is 421 g/mol. The number of urea groups is 1. The zero-order valence-electron chi connectivity index (χ0n) is 20.1. The van der Waals surface area contributed by atoms with Gasteiger partial charge in [0, 0.05) is 37.4 Å². The molecule has 0 atom stereocenters. The van der Waals surface area contributed by atoms with Crippen LogP contribution in [0, 0.1) is 0 Å². The van der Waals surface area contributed by atoms with Crippen LogP contribution < -0.4 is 15.5 Å². The number of hydrogen-bond acceptors (Lipinski definition) is 2.